The van der Waals surface area contributed by atoms with Crippen molar-refractivity contribution in [1.82, 2.24) is 0 Å². The maximum atomic E-state index is 12.8. The first kappa shape index (κ1) is 59.8. The number of hydrogen-bond acceptors (Lipinski definition) is 7. The number of carboxylic acid groups (broad SMARTS) is 1. The summed E-state index contributed by atoms with van der Waals surface area (Å²) in [5, 5.41) is 11.7. The van der Waals surface area contributed by atoms with Gasteiger partial charge in [0.25, 0.3) is 0 Å². The van der Waals surface area contributed by atoms with E-state index in [1.165, 1.54) is 103 Å². The molecule has 8 heteroatoms. The van der Waals surface area contributed by atoms with Crippen molar-refractivity contribution in [3.8, 4) is 0 Å². The smallest absolute Gasteiger partial charge is 0.306 e. The van der Waals surface area contributed by atoms with E-state index >= 15 is 0 Å². The normalized spacial score (nSPS) is 13.5. The zero-order valence-electron chi connectivity index (χ0n) is 41.2. The van der Waals surface area contributed by atoms with Gasteiger partial charge in [-0.05, 0) is 57.8 Å². The molecular formula is C55H95NO7. The molecule has 0 fully saturated rings. The largest absolute Gasteiger partial charge is 0.544 e. The molecule has 2 unspecified atom stereocenters. The number of esters is 2. The van der Waals surface area contributed by atoms with E-state index in [1.807, 2.05) is 0 Å². The third-order valence-electron chi connectivity index (χ3n) is 11.1. The Bertz CT molecular complexity index is 1260. The molecule has 0 N–H and O–H groups in total. The van der Waals surface area contributed by atoms with Crippen molar-refractivity contribution in [3.05, 3.63) is 72.9 Å². The van der Waals surface area contributed by atoms with E-state index in [1.54, 1.807) is 21.1 Å². The van der Waals surface area contributed by atoms with Gasteiger partial charge in [-0.1, -0.05) is 202 Å². The fourth-order valence-corrected chi connectivity index (χ4v) is 7.20. The van der Waals surface area contributed by atoms with Gasteiger partial charge in [0.15, 0.2) is 6.10 Å². The van der Waals surface area contributed by atoms with Crippen LogP contribution >= 0.6 is 0 Å². The zero-order chi connectivity index (χ0) is 46.3. The Morgan fingerprint density at radius 2 is 0.889 bits per heavy atom. The van der Waals surface area contributed by atoms with Crippen LogP contribution in [0, 0.1) is 0 Å². The Labute approximate surface area is 387 Å². The summed E-state index contributed by atoms with van der Waals surface area (Å²) in [7, 11) is 5.40. The van der Waals surface area contributed by atoms with Gasteiger partial charge < -0.3 is 28.6 Å². The van der Waals surface area contributed by atoms with E-state index in [9.17, 15) is 19.5 Å². The number of carboxylic acids is 1. The van der Waals surface area contributed by atoms with Gasteiger partial charge in [-0.3, -0.25) is 9.59 Å². The van der Waals surface area contributed by atoms with Crippen LogP contribution < -0.4 is 5.11 Å². The first-order valence-corrected chi connectivity index (χ1v) is 25.5. The number of likely N-dealkylation sites (N-methyl/N-ethyl adjacent to an activating group) is 1. The summed E-state index contributed by atoms with van der Waals surface area (Å²) >= 11 is 0. The summed E-state index contributed by atoms with van der Waals surface area (Å²) in [6, 6.07) is -0.737. The van der Waals surface area contributed by atoms with E-state index < -0.39 is 18.1 Å². The lowest BCUT2D eigenvalue weighted by atomic mass is 10.0. The van der Waals surface area contributed by atoms with Crippen LogP contribution in [-0.2, 0) is 28.6 Å². The molecule has 0 saturated heterocycles. The van der Waals surface area contributed by atoms with Gasteiger partial charge in [0.1, 0.15) is 12.6 Å². The fourth-order valence-electron chi connectivity index (χ4n) is 7.20. The van der Waals surface area contributed by atoms with E-state index in [0.717, 1.165) is 64.2 Å². The highest BCUT2D eigenvalue weighted by Gasteiger charge is 2.25. The molecule has 0 amide bonds. The molecule has 0 saturated carbocycles. The minimum atomic E-state index is -1.13. The van der Waals surface area contributed by atoms with Crippen molar-refractivity contribution >= 4 is 17.9 Å². The number of allylic oxidation sites excluding steroid dienone is 12. The summed E-state index contributed by atoms with van der Waals surface area (Å²) in [6.07, 6.45) is 58.0. The number of quaternary nitrogens is 1. The SMILES string of the molecule is CC/C=C/C/C=C/C/C=C/C/C=C/C/C=C/C/C=C/CCCC(=O)OCC(COCCC(C(=O)[O-])[N+](C)(C)C)OC(=O)CCCCCCCCCCCCCCCCCCCCC. The number of rotatable bonds is 45. The summed E-state index contributed by atoms with van der Waals surface area (Å²) in [4.78, 5) is 37.0. The van der Waals surface area contributed by atoms with Gasteiger partial charge in [-0.15, -0.1) is 0 Å². The second kappa shape index (κ2) is 45.3. The molecule has 0 heterocycles. The highest BCUT2D eigenvalue weighted by molar-refractivity contribution is 5.70. The Morgan fingerprint density at radius 1 is 0.492 bits per heavy atom. The summed E-state index contributed by atoms with van der Waals surface area (Å²) in [5.74, 6) is -1.81. The van der Waals surface area contributed by atoms with E-state index in [2.05, 4.69) is 86.8 Å². The van der Waals surface area contributed by atoms with Crippen LogP contribution in [0.15, 0.2) is 72.9 Å². The topological polar surface area (TPSA) is 102 Å². The molecule has 0 aliphatic carbocycles. The fraction of sp³-hybridized carbons (Fsp3) is 0.727. The quantitative estimate of drug-likeness (QED) is 0.0260. The van der Waals surface area contributed by atoms with Gasteiger partial charge in [0, 0.05) is 19.3 Å². The van der Waals surface area contributed by atoms with Crippen molar-refractivity contribution in [3.63, 3.8) is 0 Å². The molecule has 0 aliphatic rings. The van der Waals surface area contributed by atoms with Gasteiger partial charge in [0.05, 0.1) is 40.3 Å². The minimum absolute atomic E-state index is 0.0215. The van der Waals surface area contributed by atoms with E-state index in [-0.39, 0.29) is 49.1 Å². The molecule has 63 heavy (non-hydrogen) atoms. The number of hydrogen-bond donors (Lipinski definition) is 0. The summed E-state index contributed by atoms with van der Waals surface area (Å²) < 4.78 is 17.2. The maximum Gasteiger partial charge on any atom is 0.306 e. The third kappa shape index (κ3) is 43.8. The van der Waals surface area contributed by atoms with Crippen molar-refractivity contribution in [2.75, 3.05) is 41.0 Å². The van der Waals surface area contributed by atoms with Crippen molar-refractivity contribution in [1.29, 1.82) is 0 Å². The monoisotopic (exact) mass is 882 g/mol. The molecule has 2 atom stereocenters. The Kier molecular flexibility index (Phi) is 43.0. The average Bonchev–Trinajstić information content (AvgIpc) is 3.24. The van der Waals surface area contributed by atoms with Crippen molar-refractivity contribution in [2.45, 2.75) is 219 Å². The first-order chi connectivity index (χ1) is 30.6. The van der Waals surface area contributed by atoms with Gasteiger partial charge in [-0.25, -0.2) is 0 Å². The number of carbonyl (C=O) groups excluding carboxylic acids is 3. The Balaban J connectivity index is 4.35. The summed E-state index contributed by atoms with van der Waals surface area (Å²) in [6.45, 7) is 4.51. The molecule has 0 rings (SSSR count). The minimum Gasteiger partial charge on any atom is -0.544 e. The van der Waals surface area contributed by atoms with Crippen LogP contribution in [0.3, 0.4) is 0 Å². The predicted molar refractivity (Wildman–Crippen MR) is 263 cm³/mol. The van der Waals surface area contributed by atoms with Crippen LogP contribution in [0.25, 0.3) is 0 Å². The lowest BCUT2D eigenvalue weighted by Gasteiger charge is -2.34. The number of aliphatic carboxylic acids is 1. The maximum absolute atomic E-state index is 12.8. The molecule has 0 aromatic rings. The number of nitrogens with zero attached hydrogens (tertiary/aromatic N) is 1. The second-order valence-electron chi connectivity index (χ2n) is 18.0. The standard InChI is InChI=1S/C55H95NO7/c1-6-8-10-12-14-16-18-20-22-24-26-28-29-31-33-35-37-39-41-43-45-53(57)62-50-51(49-61-48-47-52(55(59)60)56(3,4)5)63-54(58)46-44-42-40-38-36-34-32-30-27-25-23-21-19-17-15-13-11-9-7-2/h8,10,14,16,20,22,26,28,31,33,37,39,51-52H,6-7,9,11-13,15,17-19,21,23-25,27,29-30,32,34-36,38,40-50H2,1-5H3/b10-8+,16-14+,22-20+,28-26+,33-31+,39-37+. The highest BCUT2D eigenvalue weighted by Crippen LogP contribution is 2.16. The number of carbonyl (C=O) groups is 3. The first-order valence-electron chi connectivity index (χ1n) is 25.5. The van der Waals surface area contributed by atoms with E-state index in [4.69, 9.17) is 14.2 Å². The molecule has 0 aromatic heterocycles. The molecule has 0 radical (unpaired) electrons. The van der Waals surface area contributed by atoms with Gasteiger partial charge in [-0.2, -0.15) is 0 Å². The van der Waals surface area contributed by atoms with Gasteiger partial charge in [0.2, 0.25) is 0 Å². The molecule has 362 valence electrons. The molecule has 0 aromatic carbocycles. The van der Waals surface area contributed by atoms with E-state index in [0.29, 0.717) is 12.8 Å². The molecule has 0 bridgehead atoms. The third-order valence-corrected chi connectivity index (χ3v) is 11.1. The molecule has 0 aliphatic heterocycles. The average molecular weight is 882 g/mol. The highest BCUT2D eigenvalue weighted by atomic mass is 16.6. The predicted octanol–water partition coefficient (Wildman–Crippen LogP) is 13.4. The van der Waals surface area contributed by atoms with Gasteiger partial charge >= 0.3 is 11.9 Å². The lowest BCUT2D eigenvalue weighted by Crippen LogP contribution is -2.55. The van der Waals surface area contributed by atoms with Crippen LogP contribution in [-0.4, -0.2) is 75.5 Å². The number of ether oxygens (including phenoxy) is 3. The zero-order valence-corrected chi connectivity index (χ0v) is 41.2. The molecule has 0 spiro atoms. The van der Waals surface area contributed by atoms with Crippen LogP contribution in [0.1, 0.15) is 206 Å². The molecule has 8 nitrogen and oxygen atoms in total. The Hall–Kier alpha value is -3.23. The van der Waals surface area contributed by atoms with Crippen LogP contribution in [0.2, 0.25) is 0 Å². The van der Waals surface area contributed by atoms with Crippen molar-refractivity contribution in [2.24, 2.45) is 0 Å². The number of unbranched alkanes of at least 4 members (excludes halogenated alkanes) is 19. The Morgan fingerprint density at radius 3 is 1.30 bits per heavy atom. The van der Waals surface area contributed by atoms with Crippen molar-refractivity contribution < 1.29 is 38.2 Å². The molecular weight excluding hydrogens is 787 g/mol. The summed E-state index contributed by atoms with van der Waals surface area (Å²) in [5.41, 5.74) is 0. The van der Waals surface area contributed by atoms with Crippen LogP contribution in [0.5, 0.6) is 0 Å². The van der Waals surface area contributed by atoms with Crippen LogP contribution in [0.4, 0.5) is 0 Å². The lowest BCUT2D eigenvalue weighted by molar-refractivity contribution is -0.889. The second-order valence-corrected chi connectivity index (χ2v) is 18.0.